The molecular weight excluding hydrogens is 364 g/mol. The maximum atomic E-state index is 12.5. The van der Waals surface area contributed by atoms with Crippen LogP contribution in [0.2, 0.25) is 5.15 Å². The Morgan fingerprint density at radius 1 is 1.24 bits per heavy atom. The number of ether oxygens (including phenoxy) is 1. The fraction of sp³-hybridized carbons (Fsp3) is 0.375. The predicted molar refractivity (Wildman–Crippen MR) is 93.8 cm³/mol. The number of aromatic nitrogens is 2. The second-order valence-electron chi connectivity index (χ2n) is 5.62. The number of nitrogens with one attached hydrogen (secondary N) is 1. The summed E-state index contributed by atoms with van der Waals surface area (Å²) < 4.78 is 33.1. The van der Waals surface area contributed by atoms with Gasteiger partial charge in [0, 0.05) is 38.2 Å². The summed E-state index contributed by atoms with van der Waals surface area (Å²) in [6.45, 7) is 2.97. The van der Waals surface area contributed by atoms with E-state index >= 15 is 0 Å². The monoisotopic (exact) mass is 382 g/mol. The molecule has 3 heterocycles. The van der Waals surface area contributed by atoms with E-state index in [1.165, 1.54) is 18.3 Å². The van der Waals surface area contributed by atoms with Gasteiger partial charge in [0.1, 0.15) is 10.0 Å². The fourth-order valence-electron chi connectivity index (χ4n) is 2.71. The van der Waals surface area contributed by atoms with Crippen LogP contribution in [0.3, 0.4) is 0 Å². The van der Waals surface area contributed by atoms with Gasteiger partial charge >= 0.3 is 0 Å². The van der Waals surface area contributed by atoms with Gasteiger partial charge in [-0.05, 0) is 23.8 Å². The van der Waals surface area contributed by atoms with Crippen LogP contribution in [0, 0.1) is 0 Å². The van der Waals surface area contributed by atoms with Crippen molar-refractivity contribution in [2.75, 3.05) is 32.8 Å². The van der Waals surface area contributed by atoms with Crippen LogP contribution in [0.15, 0.2) is 47.8 Å². The van der Waals surface area contributed by atoms with Crippen molar-refractivity contribution >= 4 is 21.6 Å². The maximum absolute atomic E-state index is 12.5. The van der Waals surface area contributed by atoms with Crippen LogP contribution >= 0.6 is 11.6 Å². The number of pyridine rings is 2. The zero-order valence-electron chi connectivity index (χ0n) is 13.5. The van der Waals surface area contributed by atoms with Crippen molar-refractivity contribution in [3.8, 4) is 0 Å². The first-order valence-electron chi connectivity index (χ1n) is 7.89. The normalized spacial score (nSPS) is 17.3. The van der Waals surface area contributed by atoms with Gasteiger partial charge in [-0.15, -0.1) is 0 Å². The van der Waals surface area contributed by atoms with E-state index in [0.29, 0.717) is 13.2 Å². The number of hydrogen-bond acceptors (Lipinski definition) is 6. The van der Waals surface area contributed by atoms with Gasteiger partial charge in [-0.25, -0.2) is 18.1 Å². The smallest absolute Gasteiger partial charge is 0.242 e. The molecule has 1 fully saturated rings. The van der Waals surface area contributed by atoms with E-state index in [9.17, 15) is 8.42 Å². The van der Waals surface area contributed by atoms with Crippen molar-refractivity contribution in [1.82, 2.24) is 19.6 Å². The molecule has 0 spiro atoms. The number of nitrogens with zero attached hydrogens (tertiary/aromatic N) is 3. The lowest BCUT2D eigenvalue weighted by Crippen LogP contribution is -2.43. The molecule has 25 heavy (non-hydrogen) atoms. The Balaban J connectivity index is 1.77. The van der Waals surface area contributed by atoms with Gasteiger partial charge in [0.2, 0.25) is 10.0 Å². The van der Waals surface area contributed by atoms with E-state index in [2.05, 4.69) is 19.6 Å². The average molecular weight is 383 g/mol. The lowest BCUT2D eigenvalue weighted by atomic mass is 10.1. The molecule has 0 aromatic carbocycles. The number of sulfonamides is 1. The van der Waals surface area contributed by atoms with Gasteiger partial charge in [-0.3, -0.25) is 9.88 Å². The van der Waals surface area contributed by atoms with E-state index in [1.807, 2.05) is 12.1 Å². The summed E-state index contributed by atoms with van der Waals surface area (Å²) >= 11 is 5.72. The fourth-order valence-corrected chi connectivity index (χ4v) is 3.81. The van der Waals surface area contributed by atoms with E-state index in [1.54, 1.807) is 12.4 Å². The third kappa shape index (κ3) is 4.74. The first kappa shape index (κ1) is 18.2. The molecule has 1 aliphatic heterocycles. The topological polar surface area (TPSA) is 84.4 Å². The highest BCUT2D eigenvalue weighted by molar-refractivity contribution is 7.89. The third-order valence-electron chi connectivity index (χ3n) is 4.03. The Bertz CT molecular complexity index is 781. The highest BCUT2D eigenvalue weighted by Crippen LogP contribution is 2.21. The van der Waals surface area contributed by atoms with Gasteiger partial charge in [0.25, 0.3) is 0 Å². The number of rotatable bonds is 6. The van der Waals surface area contributed by atoms with E-state index < -0.39 is 10.0 Å². The first-order valence-corrected chi connectivity index (χ1v) is 9.75. The summed E-state index contributed by atoms with van der Waals surface area (Å²) in [5.41, 5.74) is 0.960. The molecule has 2 aromatic heterocycles. The summed E-state index contributed by atoms with van der Waals surface area (Å²) in [6, 6.07) is 6.57. The lowest BCUT2D eigenvalue weighted by molar-refractivity contribution is 0.0171. The van der Waals surface area contributed by atoms with Crippen molar-refractivity contribution < 1.29 is 13.2 Å². The van der Waals surface area contributed by atoms with Crippen LogP contribution in [0.25, 0.3) is 0 Å². The highest BCUT2D eigenvalue weighted by atomic mass is 35.5. The Labute approximate surface area is 152 Å². The van der Waals surface area contributed by atoms with E-state index in [0.717, 1.165) is 18.7 Å². The van der Waals surface area contributed by atoms with Gasteiger partial charge in [-0.2, -0.15) is 0 Å². The van der Waals surface area contributed by atoms with Crippen molar-refractivity contribution in [2.24, 2.45) is 0 Å². The summed E-state index contributed by atoms with van der Waals surface area (Å²) in [5.74, 6) is 0. The summed E-state index contributed by atoms with van der Waals surface area (Å²) in [5, 5.41) is 0.250. The molecule has 0 aliphatic carbocycles. The molecule has 134 valence electrons. The maximum Gasteiger partial charge on any atom is 0.242 e. The second-order valence-corrected chi connectivity index (χ2v) is 7.77. The summed E-state index contributed by atoms with van der Waals surface area (Å²) in [6.07, 6.45) is 4.71. The van der Waals surface area contributed by atoms with E-state index in [4.69, 9.17) is 16.3 Å². The minimum absolute atomic E-state index is 0.0869. The summed E-state index contributed by atoms with van der Waals surface area (Å²) in [7, 11) is -3.67. The zero-order valence-corrected chi connectivity index (χ0v) is 15.1. The molecule has 2 aromatic rings. The van der Waals surface area contributed by atoms with Gasteiger partial charge in [0.15, 0.2) is 0 Å². The lowest BCUT2D eigenvalue weighted by Gasteiger charge is -2.34. The molecule has 0 radical (unpaired) electrons. The van der Waals surface area contributed by atoms with Gasteiger partial charge < -0.3 is 4.74 Å². The van der Waals surface area contributed by atoms with Gasteiger partial charge in [-0.1, -0.05) is 17.7 Å². The molecular formula is C16H19ClN4O3S. The predicted octanol–water partition coefficient (Wildman–Crippen LogP) is 1.48. The van der Waals surface area contributed by atoms with E-state index in [-0.39, 0.29) is 22.6 Å². The van der Waals surface area contributed by atoms with Crippen LogP contribution in [0.4, 0.5) is 0 Å². The number of hydrogen-bond donors (Lipinski definition) is 1. The molecule has 0 amide bonds. The quantitative estimate of drug-likeness (QED) is 0.762. The molecule has 1 aliphatic rings. The molecule has 1 saturated heterocycles. The number of halogens is 1. The molecule has 1 unspecified atom stereocenters. The molecule has 9 heteroatoms. The summed E-state index contributed by atoms with van der Waals surface area (Å²) in [4.78, 5) is 10.3. The van der Waals surface area contributed by atoms with Crippen LogP contribution in [0.5, 0.6) is 0 Å². The molecule has 1 atom stereocenters. The molecule has 7 nitrogen and oxygen atoms in total. The molecule has 3 rings (SSSR count). The van der Waals surface area contributed by atoms with Crippen LogP contribution in [-0.2, 0) is 14.8 Å². The van der Waals surface area contributed by atoms with Crippen molar-refractivity contribution in [1.29, 1.82) is 0 Å². The average Bonchev–Trinajstić information content (AvgIpc) is 2.64. The van der Waals surface area contributed by atoms with Crippen molar-refractivity contribution in [2.45, 2.75) is 10.9 Å². The standard InChI is InChI=1S/C16H19ClN4O3S/c17-16-4-3-14(11-19-16)25(22,23)20-12-15(13-2-1-5-18-10-13)21-6-8-24-9-7-21/h1-5,10-11,15,20H,6-9,12H2. The molecule has 1 N–H and O–H groups in total. The zero-order chi connectivity index (χ0) is 17.7. The molecule has 0 saturated carbocycles. The van der Waals surface area contributed by atoms with Crippen LogP contribution in [-0.4, -0.2) is 56.1 Å². The van der Waals surface area contributed by atoms with Crippen LogP contribution in [0.1, 0.15) is 11.6 Å². The minimum atomic E-state index is -3.67. The second kappa shape index (κ2) is 8.20. The first-order chi connectivity index (χ1) is 12.1. The Hall–Kier alpha value is -1.58. The van der Waals surface area contributed by atoms with Crippen LogP contribution < -0.4 is 4.72 Å². The Morgan fingerprint density at radius 2 is 2.04 bits per heavy atom. The van der Waals surface area contributed by atoms with Crippen molar-refractivity contribution in [3.05, 3.63) is 53.6 Å². The minimum Gasteiger partial charge on any atom is -0.379 e. The third-order valence-corrected chi connectivity index (χ3v) is 5.67. The number of morpholine rings is 1. The highest BCUT2D eigenvalue weighted by Gasteiger charge is 2.25. The largest absolute Gasteiger partial charge is 0.379 e. The van der Waals surface area contributed by atoms with Crippen molar-refractivity contribution in [3.63, 3.8) is 0 Å². The molecule has 0 bridgehead atoms. The Morgan fingerprint density at radius 3 is 2.68 bits per heavy atom. The van der Waals surface area contributed by atoms with Gasteiger partial charge in [0.05, 0.1) is 19.3 Å². The SMILES string of the molecule is O=S(=O)(NCC(c1cccnc1)N1CCOCC1)c1ccc(Cl)nc1. The Kier molecular flexibility index (Phi) is 5.98.